The summed E-state index contributed by atoms with van der Waals surface area (Å²) in [5.41, 5.74) is 0. The summed E-state index contributed by atoms with van der Waals surface area (Å²) < 4.78 is 0. The summed E-state index contributed by atoms with van der Waals surface area (Å²) in [6.07, 6.45) is 3.99. The molecule has 0 nitrogen and oxygen atoms in total. The molecule has 0 heterocycles. The molecule has 0 saturated carbocycles. The normalized spacial score (nSPS) is 14.2. The summed E-state index contributed by atoms with van der Waals surface area (Å²) in [4.78, 5) is 0. The number of halogens is 2. The highest BCUT2D eigenvalue weighted by atomic mass is 35.5. The molecule has 0 aromatic heterocycles. The molecule has 0 N–H and O–H groups in total. The molecule has 0 atom stereocenters. The van der Waals surface area contributed by atoms with Crippen LogP contribution >= 0.6 is 30.1 Å². The zero-order valence-electron chi connectivity index (χ0n) is 14.0. The van der Waals surface area contributed by atoms with Crippen molar-refractivity contribution in [2.75, 3.05) is 0 Å². The maximum atomic E-state index is 6.74. The third-order valence-corrected chi connectivity index (χ3v) is 9.88. The predicted molar refractivity (Wildman–Crippen MR) is 118 cm³/mol. The van der Waals surface area contributed by atoms with Gasteiger partial charge in [0.05, 0.1) is 10.1 Å². The average Bonchev–Trinajstić information content (AvgIpc) is 3.04. The lowest BCUT2D eigenvalue weighted by atomic mass is 10.3. The van der Waals surface area contributed by atoms with E-state index in [1.807, 2.05) is 24.3 Å². The highest BCUT2D eigenvalue weighted by Crippen LogP contribution is 2.50. The second-order valence-corrected chi connectivity index (χ2v) is 10.2. The van der Waals surface area contributed by atoms with E-state index in [-0.39, 0.29) is 0 Å². The van der Waals surface area contributed by atoms with E-state index in [4.69, 9.17) is 23.2 Å². The van der Waals surface area contributed by atoms with Crippen molar-refractivity contribution in [2.45, 2.75) is 0 Å². The largest absolute Gasteiger partial charge is 0.0827 e. The molecule has 3 aromatic carbocycles. The molecule has 0 saturated heterocycles. The van der Waals surface area contributed by atoms with Crippen LogP contribution in [-0.2, 0) is 0 Å². The van der Waals surface area contributed by atoms with Gasteiger partial charge >= 0.3 is 0 Å². The highest BCUT2D eigenvalue weighted by Gasteiger charge is 2.31. The molecule has 1 aliphatic rings. The summed E-state index contributed by atoms with van der Waals surface area (Å²) >= 11 is 13.1. The number of hydrogen-bond donors (Lipinski definition) is 0. The Hall–Kier alpha value is -1.98. The van der Waals surface area contributed by atoms with Gasteiger partial charge in [0.1, 0.15) is 0 Å². The minimum absolute atomic E-state index is 0.605. The van der Waals surface area contributed by atoms with Crippen molar-refractivity contribution < 1.29 is 0 Å². The van der Waals surface area contributed by atoms with Crippen molar-refractivity contribution in [3.8, 4) is 0 Å². The molecule has 0 fully saturated rings. The summed E-state index contributed by atoms with van der Waals surface area (Å²) in [5, 5.41) is 6.16. The van der Waals surface area contributed by atoms with Crippen LogP contribution in [0, 0.1) is 0 Å². The zero-order chi connectivity index (χ0) is 18.0. The lowest BCUT2D eigenvalue weighted by Gasteiger charge is -2.31. The Bertz CT molecular complexity index is 930. The molecule has 3 heteroatoms. The maximum Gasteiger partial charge on any atom is 0.0675 e. The molecule has 4 rings (SSSR count). The van der Waals surface area contributed by atoms with Crippen LogP contribution in [0.2, 0.25) is 0 Å². The fraction of sp³-hybridized carbons (Fsp3) is 0. The number of hydrogen-bond acceptors (Lipinski definition) is 0. The van der Waals surface area contributed by atoms with Crippen molar-refractivity contribution in [3.63, 3.8) is 0 Å². The Morgan fingerprint density at radius 3 is 1.19 bits per heavy atom. The number of benzene rings is 3. The smallest absolute Gasteiger partial charge is 0.0675 e. The highest BCUT2D eigenvalue weighted by molar-refractivity contribution is 7.96. The van der Waals surface area contributed by atoms with Gasteiger partial charge < -0.3 is 0 Å². The van der Waals surface area contributed by atoms with E-state index >= 15 is 0 Å². The Morgan fingerprint density at radius 1 is 0.500 bits per heavy atom. The molecule has 0 spiro atoms. The Morgan fingerprint density at radius 2 is 0.885 bits per heavy atom. The summed E-state index contributed by atoms with van der Waals surface area (Å²) in [7, 11) is 0. The lowest BCUT2D eigenvalue weighted by molar-refractivity contribution is 1.73. The van der Waals surface area contributed by atoms with Gasteiger partial charge in [-0.3, -0.25) is 0 Å². The summed E-state index contributed by atoms with van der Waals surface area (Å²) in [6, 6.07) is 31.9. The lowest BCUT2D eigenvalue weighted by Crippen LogP contribution is -2.29. The molecule has 0 aliphatic heterocycles. The minimum atomic E-state index is -2.14. The van der Waals surface area contributed by atoms with Gasteiger partial charge in [-0.05, 0) is 28.9 Å². The van der Waals surface area contributed by atoms with Gasteiger partial charge in [0.15, 0.2) is 0 Å². The van der Waals surface area contributed by atoms with Crippen LogP contribution in [0.5, 0.6) is 0 Å². The molecule has 0 unspecified atom stereocenters. The van der Waals surface area contributed by atoms with Gasteiger partial charge in [0.25, 0.3) is 0 Å². The molecule has 26 heavy (non-hydrogen) atoms. The van der Waals surface area contributed by atoms with E-state index < -0.39 is 6.89 Å². The van der Waals surface area contributed by atoms with Crippen LogP contribution in [0.15, 0.2) is 113 Å². The predicted octanol–water partition coefficient (Wildman–Crippen LogP) is 5.41. The Balaban J connectivity index is 2.24. The monoisotopic (exact) mass is 394 g/mol. The first-order chi connectivity index (χ1) is 12.7. The third kappa shape index (κ3) is 2.79. The van der Waals surface area contributed by atoms with Gasteiger partial charge in [-0.1, -0.05) is 120 Å². The zero-order valence-corrected chi connectivity index (χ0v) is 16.4. The van der Waals surface area contributed by atoms with Crippen molar-refractivity contribution in [3.05, 3.63) is 113 Å². The van der Waals surface area contributed by atoms with Crippen molar-refractivity contribution >= 4 is 51.3 Å². The van der Waals surface area contributed by atoms with E-state index in [1.165, 1.54) is 15.9 Å². The molecule has 0 radical (unpaired) electrons. The van der Waals surface area contributed by atoms with Crippen LogP contribution < -0.4 is 15.9 Å². The van der Waals surface area contributed by atoms with Gasteiger partial charge in [0.2, 0.25) is 0 Å². The molecule has 128 valence electrons. The van der Waals surface area contributed by atoms with Crippen LogP contribution in [0.1, 0.15) is 0 Å². The SMILES string of the molecule is ClC1=C(Cl)C(=P(c2ccccc2)(c2ccccc2)c2ccccc2)C=C1. The first-order valence-electron chi connectivity index (χ1n) is 8.42. The quantitative estimate of drug-likeness (QED) is 0.520. The van der Waals surface area contributed by atoms with Crippen LogP contribution in [0.25, 0.3) is 0 Å². The van der Waals surface area contributed by atoms with Gasteiger partial charge in [0, 0.05) is 5.29 Å². The first kappa shape index (κ1) is 17.4. The van der Waals surface area contributed by atoms with Gasteiger partial charge in [-0.15, -0.1) is 0 Å². The van der Waals surface area contributed by atoms with E-state index in [0.717, 1.165) is 5.29 Å². The van der Waals surface area contributed by atoms with Crippen molar-refractivity contribution in [1.29, 1.82) is 0 Å². The number of allylic oxidation sites excluding steroid dienone is 4. The van der Waals surface area contributed by atoms with E-state index in [2.05, 4.69) is 78.9 Å². The fourth-order valence-electron chi connectivity index (χ4n) is 3.50. The average molecular weight is 395 g/mol. The van der Waals surface area contributed by atoms with Crippen molar-refractivity contribution in [1.82, 2.24) is 0 Å². The van der Waals surface area contributed by atoms with E-state index in [0.29, 0.717) is 10.1 Å². The topological polar surface area (TPSA) is 0 Å². The second-order valence-electron chi connectivity index (χ2n) is 6.06. The minimum Gasteiger partial charge on any atom is -0.0827 e. The maximum absolute atomic E-state index is 6.74. The molecule has 3 aromatic rings. The third-order valence-electron chi connectivity index (χ3n) is 4.61. The molecular weight excluding hydrogens is 378 g/mol. The summed E-state index contributed by atoms with van der Waals surface area (Å²) in [6.45, 7) is -2.14. The van der Waals surface area contributed by atoms with E-state index in [9.17, 15) is 0 Å². The Labute approximate surface area is 164 Å². The van der Waals surface area contributed by atoms with Crippen molar-refractivity contribution in [2.24, 2.45) is 0 Å². The van der Waals surface area contributed by atoms with Gasteiger partial charge in [-0.2, -0.15) is 0 Å². The second kappa shape index (κ2) is 7.33. The fourth-order valence-corrected chi connectivity index (χ4v) is 8.54. The summed E-state index contributed by atoms with van der Waals surface area (Å²) in [5.74, 6) is 0. The van der Waals surface area contributed by atoms with Crippen LogP contribution in [0.4, 0.5) is 0 Å². The molecule has 1 aliphatic carbocycles. The van der Waals surface area contributed by atoms with E-state index in [1.54, 1.807) is 0 Å². The molecule has 0 bridgehead atoms. The van der Waals surface area contributed by atoms with Gasteiger partial charge in [-0.25, -0.2) is 0 Å². The molecule has 0 amide bonds. The first-order valence-corrected chi connectivity index (χ1v) is 11.0. The van der Waals surface area contributed by atoms with Crippen LogP contribution in [-0.4, -0.2) is 5.29 Å². The number of rotatable bonds is 3. The standard InChI is InChI=1S/C23H17Cl2P/c24-21-16-17-22(23(21)25)26(18-10-4-1-5-11-18,19-12-6-2-7-13-19)20-14-8-3-9-15-20/h1-17H. The van der Waals surface area contributed by atoms with Crippen LogP contribution in [0.3, 0.4) is 0 Å². The Kier molecular flexibility index (Phi) is 4.92. The molecular formula is C23H17Cl2P.